The van der Waals surface area contributed by atoms with E-state index in [1.807, 2.05) is 6.92 Å². The maximum absolute atomic E-state index is 5.76. The van der Waals surface area contributed by atoms with E-state index in [0.717, 1.165) is 16.6 Å². The second-order valence-electron chi connectivity index (χ2n) is 3.99. The number of fused-ring (bicyclic) bond motifs is 2. The van der Waals surface area contributed by atoms with E-state index in [9.17, 15) is 0 Å². The molecule has 2 aliphatic rings. The van der Waals surface area contributed by atoms with Crippen molar-refractivity contribution < 1.29 is 4.74 Å². The minimum Gasteiger partial charge on any atom is -0.373 e. The van der Waals surface area contributed by atoms with Crippen molar-refractivity contribution in [3.8, 4) is 0 Å². The molecule has 3 rings (SSSR count). The molecule has 0 radical (unpaired) electrons. The second-order valence-corrected chi connectivity index (χ2v) is 5.17. The van der Waals surface area contributed by atoms with Crippen LogP contribution in [-0.2, 0) is 4.74 Å². The zero-order chi connectivity index (χ0) is 9.54. The lowest BCUT2D eigenvalue weighted by Gasteiger charge is -2.18. The molecule has 0 aliphatic carbocycles. The quantitative estimate of drug-likeness (QED) is 0.806. The molecule has 0 aromatic carbocycles. The molecule has 1 aromatic rings. The Morgan fingerprint density at radius 1 is 1.43 bits per heavy atom. The molecule has 76 valence electrons. The summed E-state index contributed by atoms with van der Waals surface area (Å²) in [6.07, 6.45) is 4.46. The van der Waals surface area contributed by atoms with Crippen LogP contribution in [0.4, 0.5) is 5.13 Å². The Morgan fingerprint density at radius 2 is 2.36 bits per heavy atom. The van der Waals surface area contributed by atoms with Gasteiger partial charge in [-0.1, -0.05) is 11.3 Å². The highest BCUT2D eigenvalue weighted by Gasteiger charge is 2.40. The first kappa shape index (κ1) is 8.61. The van der Waals surface area contributed by atoms with Gasteiger partial charge in [-0.2, -0.15) is 0 Å². The SMILES string of the molecule is Cc1nnc(N[C@@H]2C[C@H]3CC[C@H]2O3)s1. The Labute approximate surface area is 86.7 Å². The number of ether oxygens (including phenoxy) is 1. The highest BCUT2D eigenvalue weighted by molar-refractivity contribution is 7.15. The van der Waals surface area contributed by atoms with Crippen molar-refractivity contribution in [3.63, 3.8) is 0 Å². The van der Waals surface area contributed by atoms with Crippen LogP contribution in [0.15, 0.2) is 0 Å². The Balaban J connectivity index is 1.68. The summed E-state index contributed by atoms with van der Waals surface area (Å²) in [5.41, 5.74) is 0. The van der Waals surface area contributed by atoms with Gasteiger partial charge in [0.2, 0.25) is 5.13 Å². The average molecular weight is 211 g/mol. The predicted octanol–water partition coefficient (Wildman–Crippen LogP) is 1.58. The monoisotopic (exact) mass is 211 g/mol. The molecule has 0 unspecified atom stereocenters. The van der Waals surface area contributed by atoms with Gasteiger partial charge in [0.15, 0.2) is 0 Å². The van der Waals surface area contributed by atoms with Crippen LogP contribution in [0.25, 0.3) is 0 Å². The molecule has 2 saturated heterocycles. The van der Waals surface area contributed by atoms with Crippen molar-refractivity contribution in [3.05, 3.63) is 5.01 Å². The van der Waals surface area contributed by atoms with Crippen molar-refractivity contribution in [1.82, 2.24) is 10.2 Å². The van der Waals surface area contributed by atoms with Crippen molar-refractivity contribution >= 4 is 16.5 Å². The summed E-state index contributed by atoms with van der Waals surface area (Å²) < 4.78 is 5.76. The van der Waals surface area contributed by atoms with Crippen LogP contribution >= 0.6 is 11.3 Å². The number of nitrogens with zero attached hydrogens (tertiary/aromatic N) is 2. The van der Waals surface area contributed by atoms with Gasteiger partial charge in [0, 0.05) is 0 Å². The van der Waals surface area contributed by atoms with Crippen molar-refractivity contribution in [1.29, 1.82) is 0 Å². The van der Waals surface area contributed by atoms with E-state index in [-0.39, 0.29) is 0 Å². The van der Waals surface area contributed by atoms with Crippen molar-refractivity contribution in [2.45, 2.75) is 44.4 Å². The fourth-order valence-electron chi connectivity index (χ4n) is 2.30. The Hall–Kier alpha value is -0.680. The van der Waals surface area contributed by atoms with E-state index in [4.69, 9.17) is 4.74 Å². The smallest absolute Gasteiger partial charge is 0.205 e. The van der Waals surface area contributed by atoms with Gasteiger partial charge in [-0.05, 0) is 26.2 Å². The number of anilines is 1. The molecule has 0 spiro atoms. The summed E-state index contributed by atoms with van der Waals surface area (Å²) in [7, 11) is 0. The molecule has 2 aliphatic heterocycles. The molecule has 0 amide bonds. The minimum atomic E-state index is 0.407. The third kappa shape index (κ3) is 1.40. The van der Waals surface area contributed by atoms with Gasteiger partial charge >= 0.3 is 0 Å². The molecule has 2 bridgehead atoms. The fourth-order valence-corrected chi connectivity index (χ4v) is 2.96. The Bertz CT molecular complexity index is 341. The Kier molecular flexibility index (Phi) is 1.95. The predicted molar refractivity (Wildman–Crippen MR) is 54.6 cm³/mol. The van der Waals surface area contributed by atoms with Gasteiger partial charge in [0.1, 0.15) is 5.01 Å². The van der Waals surface area contributed by atoms with E-state index >= 15 is 0 Å². The molecule has 1 N–H and O–H groups in total. The lowest BCUT2D eigenvalue weighted by atomic mass is 9.96. The average Bonchev–Trinajstić information content (AvgIpc) is 2.82. The molecular weight excluding hydrogens is 198 g/mol. The number of hydrogen-bond donors (Lipinski definition) is 1. The van der Waals surface area contributed by atoms with Crippen LogP contribution < -0.4 is 5.32 Å². The van der Waals surface area contributed by atoms with Gasteiger partial charge in [-0.3, -0.25) is 0 Å². The van der Waals surface area contributed by atoms with Crippen LogP contribution in [0.3, 0.4) is 0 Å². The maximum atomic E-state index is 5.76. The van der Waals surface area contributed by atoms with Crippen LogP contribution in [-0.4, -0.2) is 28.4 Å². The number of rotatable bonds is 2. The molecule has 4 nitrogen and oxygen atoms in total. The summed E-state index contributed by atoms with van der Waals surface area (Å²) in [4.78, 5) is 0. The second kappa shape index (κ2) is 3.17. The number of aryl methyl sites for hydroxylation is 1. The summed E-state index contributed by atoms with van der Waals surface area (Å²) in [5.74, 6) is 0. The van der Waals surface area contributed by atoms with E-state index in [1.165, 1.54) is 12.8 Å². The van der Waals surface area contributed by atoms with E-state index in [0.29, 0.717) is 18.2 Å². The highest BCUT2D eigenvalue weighted by atomic mass is 32.1. The molecule has 0 saturated carbocycles. The van der Waals surface area contributed by atoms with Gasteiger partial charge in [-0.25, -0.2) is 0 Å². The third-order valence-electron chi connectivity index (χ3n) is 2.94. The first-order valence-corrected chi connectivity index (χ1v) is 5.85. The summed E-state index contributed by atoms with van der Waals surface area (Å²) in [6.45, 7) is 1.97. The molecule has 2 fully saturated rings. The van der Waals surface area contributed by atoms with Gasteiger partial charge < -0.3 is 10.1 Å². The molecule has 3 atom stereocenters. The lowest BCUT2D eigenvalue weighted by Crippen LogP contribution is -2.30. The molecule has 5 heteroatoms. The highest BCUT2D eigenvalue weighted by Crippen LogP contribution is 2.36. The van der Waals surface area contributed by atoms with Crippen LogP contribution in [0.2, 0.25) is 0 Å². The molecule has 14 heavy (non-hydrogen) atoms. The van der Waals surface area contributed by atoms with Crippen molar-refractivity contribution in [2.24, 2.45) is 0 Å². The van der Waals surface area contributed by atoms with Crippen LogP contribution in [0, 0.1) is 6.92 Å². The third-order valence-corrected chi connectivity index (χ3v) is 3.71. The van der Waals surface area contributed by atoms with Gasteiger partial charge in [0.05, 0.1) is 18.2 Å². The zero-order valence-corrected chi connectivity index (χ0v) is 8.88. The van der Waals surface area contributed by atoms with E-state index < -0.39 is 0 Å². The van der Waals surface area contributed by atoms with Crippen LogP contribution in [0.1, 0.15) is 24.3 Å². The number of hydrogen-bond acceptors (Lipinski definition) is 5. The Morgan fingerprint density at radius 3 is 2.93 bits per heavy atom. The first-order valence-electron chi connectivity index (χ1n) is 5.03. The summed E-state index contributed by atoms with van der Waals surface area (Å²) in [6, 6.07) is 0.459. The van der Waals surface area contributed by atoms with E-state index in [2.05, 4.69) is 15.5 Å². The van der Waals surface area contributed by atoms with Gasteiger partial charge in [-0.15, -0.1) is 10.2 Å². The molecular formula is C9H13N3OS. The fraction of sp³-hybridized carbons (Fsp3) is 0.778. The number of nitrogens with one attached hydrogen (secondary N) is 1. The van der Waals surface area contributed by atoms with Crippen molar-refractivity contribution in [2.75, 3.05) is 5.32 Å². The molecule has 1 aromatic heterocycles. The van der Waals surface area contributed by atoms with E-state index in [1.54, 1.807) is 11.3 Å². The topological polar surface area (TPSA) is 47.0 Å². The minimum absolute atomic E-state index is 0.407. The summed E-state index contributed by atoms with van der Waals surface area (Å²) >= 11 is 1.61. The number of aromatic nitrogens is 2. The molecule has 3 heterocycles. The standard InChI is InChI=1S/C9H13N3OS/c1-5-11-12-9(14-5)10-7-4-6-2-3-8(7)13-6/h6-8H,2-4H2,1H3,(H,10,12)/t6-,7-,8-/m1/s1. The first-order chi connectivity index (χ1) is 6.81. The summed E-state index contributed by atoms with van der Waals surface area (Å²) in [5, 5.41) is 13.4. The van der Waals surface area contributed by atoms with Gasteiger partial charge in [0.25, 0.3) is 0 Å². The lowest BCUT2D eigenvalue weighted by molar-refractivity contribution is 0.102. The largest absolute Gasteiger partial charge is 0.373 e. The maximum Gasteiger partial charge on any atom is 0.205 e. The zero-order valence-electron chi connectivity index (χ0n) is 8.06. The van der Waals surface area contributed by atoms with Crippen LogP contribution in [0.5, 0.6) is 0 Å². The normalized spacial score (nSPS) is 35.1.